The lowest BCUT2D eigenvalue weighted by molar-refractivity contribution is 0.103. The minimum absolute atomic E-state index is 0.297. The van der Waals surface area contributed by atoms with Crippen LogP contribution in [0.25, 0.3) is 0 Å². The average molecular weight is 336 g/mol. The molecule has 2 aromatic rings. The smallest absolute Gasteiger partial charge is 0.265 e. The van der Waals surface area contributed by atoms with E-state index in [0.29, 0.717) is 10.9 Å². The molecular weight excluding hydrogens is 331 g/mol. The normalized spacial score (nSPS) is 10.4. The Hall–Kier alpha value is -1.34. The predicted octanol–water partition coefficient (Wildman–Crippen LogP) is 4.18. The average Bonchev–Trinajstić information content (AvgIpc) is 2.72. The fourth-order valence-corrected chi connectivity index (χ4v) is 2.55. The van der Waals surface area contributed by atoms with Gasteiger partial charge in [0.2, 0.25) is 0 Å². The number of thiophene rings is 1. The molecule has 0 aliphatic rings. The molecule has 2 nitrogen and oxygen atoms in total. The summed E-state index contributed by atoms with van der Waals surface area (Å²) in [4.78, 5) is 12.0. The highest BCUT2D eigenvalue weighted by atomic mass is 79.9. The Morgan fingerprint density at radius 3 is 2.56 bits per heavy atom. The molecule has 0 bridgehead atoms. The molecule has 0 spiro atoms. The molecule has 0 saturated heterocycles. The highest BCUT2D eigenvalue weighted by Gasteiger charge is 2.15. The van der Waals surface area contributed by atoms with Gasteiger partial charge >= 0.3 is 0 Å². The number of hydrogen-bond acceptors (Lipinski definition) is 2. The third kappa shape index (κ3) is 2.73. The van der Waals surface area contributed by atoms with Crippen LogP contribution in [0.15, 0.2) is 28.1 Å². The summed E-state index contributed by atoms with van der Waals surface area (Å²) in [6.45, 7) is 0. The molecule has 1 amide bonds. The standard InChI is InChI=1S/C11H5BrF3NOS/c12-9-2-1-8(18-9)11(17)16-7-4-5(13)3-6(14)10(7)15/h1-4H,(H,16,17). The van der Waals surface area contributed by atoms with Gasteiger partial charge in [-0.15, -0.1) is 11.3 Å². The maximum absolute atomic E-state index is 13.3. The molecule has 18 heavy (non-hydrogen) atoms. The SMILES string of the molecule is O=C(Nc1cc(F)cc(F)c1F)c1ccc(Br)s1. The van der Waals surface area contributed by atoms with Gasteiger partial charge in [0.05, 0.1) is 14.4 Å². The van der Waals surface area contributed by atoms with Gasteiger partial charge in [-0.25, -0.2) is 13.2 Å². The van der Waals surface area contributed by atoms with Gasteiger partial charge in [-0.3, -0.25) is 4.79 Å². The topological polar surface area (TPSA) is 29.1 Å². The summed E-state index contributed by atoms with van der Waals surface area (Å²) in [5, 5.41) is 2.12. The van der Waals surface area contributed by atoms with Crippen LogP contribution in [0.1, 0.15) is 9.67 Å². The van der Waals surface area contributed by atoms with Crippen molar-refractivity contribution in [3.05, 3.63) is 50.4 Å². The van der Waals surface area contributed by atoms with Crippen LogP contribution in [0.2, 0.25) is 0 Å². The summed E-state index contributed by atoms with van der Waals surface area (Å²) in [6.07, 6.45) is 0. The van der Waals surface area contributed by atoms with Crippen molar-refractivity contribution in [1.29, 1.82) is 0 Å². The van der Waals surface area contributed by atoms with Crippen molar-refractivity contribution < 1.29 is 18.0 Å². The van der Waals surface area contributed by atoms with E-state index in [0.717, 1.165) is 21.2 Å². The first kappa shape index (κ1) is 13.1. The Bertz CT molecular complexity index is 614. The van der Waals surface area contributed by atoms with Gasteiger partial charge in [0, 0.05) is 12.1 Å². The van der Waals surface area contributed by atoms with E-state index < -0.39 is 29.0 Å². The lowest BCUT2D eigenvalue weighted by Gasteiger charge is -2.05. The molecule has 0 atom stereocenters. The van der Waals surface area contributed by atoms with Crippen molar-refractivity contribution in [3.8, 4) is 0 Å². The molecule has 0 saturated carbocycles. The zero-order valence-corrected chi connectivity index (χ0v) is 11.0. The van der Waals surface area contributed by atoms with Crippen LogP contribution in [0.3, 0.4) is 0 Å². The molecular formula is C11H5BrF3NOS. The van der Waals surface area contributed by atoms with E-state index in [2.05, 4.69) is 21.2 Å². The van der Waals surface area contributed by atoms with Gasteiger partial charge in [-0.2, -0.15) is 0 Å². The summed E-state index contributed by atoms with van der Waals surface area (Å²) in [7, 11) is 0. The molecule has 0 aliphatic heterocycles. The third-order valence-electron chi connectivity index (χ3n) is 2.04. The molecule has 1 aromatic heterocycles. The molecule has 0 radical (unpaired) electrons. The van der Waals surface area contributed by atoms with Crippen LogP contribution in [-0.4, -0.2) is 5.91 Å². The van der Waals surface area contributed by atoms with Crippen LogP contribution in [0, 0.1) is 17.5 Å². The van der Waals surface area contributed by atoms with E-state index in [-0.39, 0.29) is 0 Å². The summed E-state index contributed by atoms with van der Waals surface area (Å²) >= 11 is 4.29. The molecule has 2 rings (SSSR count). The van der Waals surface area contributed by atoms with Crippen LogP contribution < -0.4 is 5.32 Å². The van der Waals surface area contributed by atoms with Gasteiger partial charge < -0.3 is 5.32 Å². The summed E-state index contributed by atoms with van der Waals surface area (Å²) in [5.41, 5.74) is -0.526. The predicted molar refractivity (Wildman–Crippen MR) is 66.3 cm³/mol. The summed E-state index contributed by atoms with van der Waals surface area (Å²) in [5.74, 6) is -4.23. The van der Waals surface area contributed by atoms with Crippen LogP contribution in [0.4, 0.5) is 18.9 Å². The first-order chi connectivity index (χ1) is 8.47. The zero-order chi connectivity index (χ0) is 13.3. The number of carbonyl (C=O) groups excluding carboxylic acids is 1. The number of halogens is 4. The fraction of sp³-hybridized carbons (Fsp3) is 0. The van der Waals surface area contributed by atoms with Crippen molar-refractivity contribution in [3.63, 3.8) is 0 Å². The zero-order valence-electron chi connectivity index (χ0n) is 8.64. The molecule has 0 fully saturated rings. The lowest BCUT2D eigenvalue weighted by Crippen LogP contribution is -2.12. The first-order valence-corrected chi connectivity index (χ1v) is 6.29. The monoisotopic (exact) mass is 335 g/mol. The molecule has 1 heterocycles. The van der Waals surface area contributed by atoms with E-state index in [9.17, 15) is 18.0 Å². The number of nitrogens with one attached hydrogen (secondary N) is 1. The second kappa shape index (κ2) is 5.11. The Labute approximate surface area is 113 Å². The van der Waals surface area contributed by atoms with E-state index in [1.54, 1.807) is 6.07 Å². The molecule has 1 aromatic carbocycles. The number of amides is 1. The number of anilines is 1. The van der Waals surface area contributed by atoms with E-state index in [1.807, 2.05) is 0 Å². The quantitative estimate of drug-likeness (QED) is 0.819. The van der Waals surface area contributed by atoms with Crippen LogP contribution >= 0.6 is 27.3 Å². The summed E-state index contributed by atoms with van der Waals surface area (Å²) in [6, 6.07) is 4.28. The van der Waals surface area contributed by atoms with Gasteiger partial charge in [0.25, 0.3) is 5.91 Å². The Balaban J connectivity index is 2.27. The Kier molecular flexibility index (Phi) is 3.72. The molecule has 7 heteroatoms. The highest BCUT2D eigenvalue weighted by Crippen LogP contribution is 2.24. The largest absolute Gasteiger partial charge is 0.319 e. The summed E-state index contributed by atoms with van der Waals surface area (Å²) < 4.78 is 39.8. The van der Waals surface area contributed by atoms with Crippen LogP contribution in [-0.2, 0) is 0 Å². The van der Waals surface area contributed by atoms with Gasteiger partial charge in [0.1, 0.15) is 5.82 Å². The second-order valence-electron chi connectivity index (χ2n) is 3.31. The van der Waals surface area contributed by atoms with Crippen molar-refractivity contribution in [2.75, 3.05) is 5.32 Å². The van der Waals surface area contributed by atoms with E-state index in [4.69, 9.17) is 0 Å². The number of rotatable bonds is 2. The van der Waals surface area contributed by atoms with E-state index in [1.165, 1.54) is 6.07 Å². The van der Waals surface area contributed by atoms with Crippen molar-refractivity contribution in [2.24, 2.45) is 0 Å². The Morgan fingerprint density at radius 2 is 1.94 bits per heavy atom. The number of benzene rings is 1. The Morgan fingerprint density at radius 1 is 1.22 bits per heavy atom. The third-order valence-corrected chi connectivity index (χ3v) is 3.66. The molecule has 1 N–H and O–H groups in total. The number of hydrogen-bond donors (Lipinski definition) is 1. The van der Waals surface area contributed by atoms with Crippen molar-refractivity contribution >= 4 is 38.9 Å². The minimum atomic E-state index is -1.35. The van der Waals surface area contributed by atoms with Crippen LogP contribution in [0.5, 0.6) is 0 Å². The lowest BCUT2D eigenvalue weighted by atomic mass is 10.2. The highest BCUT2D eigenvalue weighted by molar-refractivity contribution is 9.11. The van der Waals surface area contributed by atoms with Gasteiger partial charge in [-0.05, 0) is 28.1 Å². The second-order valence-corrected chi connectivity index (χ2v) is 5.77. The van der Waals surface area contributed by atoms with Gasteiger partial charge in [-0.1, -0.05) is 0 Å². The van der Waals surface area contributed by atoms with Crippen molar-refractivity contribution in [1.82, 2.24) is 0 Å². The fourth-order valence-electron chi connectivity index (χ4n) is 1.27. The maximum atomic E-state index is 13.3. The molecule has 0 aliphatic carbocycles. The maximum Gasteiger partial charge on any atom is 0.265 e. The van der Waals surface area contributed by atoms with Gasteiger partial charge in [0.15, 0.2) is 11.6 Å². The van der Waals surface area contributed by atoms with Crippen molar-refractivity contribution in [2.45, 2.75) is 0 Å². The molecule has 0 unspecified atom stereocenters. The minimum Gasteiger partial charge on any atom is -0.319 e. The first-order valence-electron chi connectivity index (χ1n) is 4.68. The number of carbonyl (C=O) groups is 1. The molecule has 94 valence electrons. The van der Waals surface area contributed by atoms with E-state index >= 15 is 0 Å².